The second-order valence-electron chi connectivity index (χ2n) is 4.99. The Labute approximate surface area is 139 Å². The molecule has 5 heteroatoms. The Morgan fingerprint density at radius 3 is 2.26 bits per heavy atom. The van der Waals surface area contributed by atoms with Crippen LogP contribution in [0.5, 0.6) is 0 Å². The summed E-state index contributed by atoms with van der Waals surface area (Å²) >= 11 is 10.5. The molecule has 1 saturated carbocycles. The molecule has 19 heavy (non-hydrogen) atoms. The van der Waals surface area contributed by atoms with E-state index in [-0.39, 0.29) is 5.91 Å². The molecule has 0 spiro atoms. The number of rotatable bonds is 3. The minimum Gasteiger partial charge on any atom is -0.352 e. The van der Waals surface area contributed by atoms with Crippen molar-refractivity contribution in [3.63, 3.8) is 0 Å². The summed E-state index contributed by atoms with van der Waals surface area (Å²) in [5, 5.41) is 3.04. The first-order chi connectivity index (χ1) is 9.04. The average molecular weight is 454 g/mol. The molecule has 0 radical (unpaired) electrons. The minimum atomic E-state index is 0.00275. The van der Waals surface area contributed by atoms with E-state index >= 15 is 0 Å². The molecule has 0 atom stereocenters. The van der Waals surface area contributed by atoms with E-state index in [1.54, 1.807) is 0 Å². The molecule has 2 rings (SSSR count). The van der Waals surface area contributed by atoms with Crippen LogP contribution in [-0.4, -0.2) is 17.3 Å². The van der Waals surface area contributed by atoms with Crippen molar-refractivity contribution in [2.45, 2.75) is 30.5 Å². The molecule has 0 aliphatic heterocycles. The number of halogens is 3. The molecule has 2 nitrogen and oxygen atoms in total. The van der Waals surface area contributed by atoms with Gasteiger partial charge in [0.05, 0.1) is 0 Å². The van der Waals surface area contributed by atoms with Gasteiger partial charge in [-0.1, -0.05) is 47.8 Å². The zero-order chi connectivity index (χ0) is 13.8. The molecule has 1 aromatic rings. The first-order valence-electron chi connectivity index (χ1n) is 6.43. The van der Waals surface area contributed by atoms with Crippen molar-refractivity contribution in [1.29, 1.82) is 0 Å². The highest BCUT2D eigenvalue weighted by Crippen LogP contribution is 2.28. The molecule has 104 valence electrons. The van der Waals surface area contributed by atoms with Gasteiger partial charge >= 0.3 is 0 Å². The summed E-state index contributed by atoms with van der Waals surface area (Å²) in [6, 6.07) is 5.61. The van der Waals surface area contributed by atoms with Gasteiger partial charge in [-0.3, -0.25) is 4.79 Å². The first kappa shape index (κ1) is 15.5. The minimum absolute atomic E-state index is 0.00275. The highest BCUT2D eigenvalue weighted by molar-refractivity contribution is 9.11. The van der Waals surface area contributed by atoms with Gasteiger partial charge in [0.15, 0.2) is 0 Å². The summed E-state index contributed by atoms with van der Waals surface area (Å²) in [4.78, 5) is 12.8. The van der Waals surface area contributed by atoms with Crippen molar-refractivity contribution in [2.24, 2.45) is 5.92 Å². The molecule has 0 unspecified atom stereocenters. The monoisotopic (exact) mass is 451 g/mol. The summed E-state index contributed by atoms with van der Waals surface area (Å²) < 4.78 is 1.82. The Hall–Kier alpha value is 0.130. The standard InChI is InChI=1S/C14H16Br3NO/c15-11-3-1-9(2-4-11)8-18-14(19)10-5-12(16)7-13(17)6-10/h5-7,9,11H,1-4,8H2,(H,18,19). The van der Waals surface area contributed by atoms with Crippen LogP contribution in [-0.2, 0) is 0 Å². The van der Waals surface area contributed by atoms with Gasteiger partial charge < -0.3 is 5.32 Å². The van der Waals surface area contributed by atoms with Crippen LogP contribution in [0.2, 0.25) is 0 Å². The van der Waals surface area contributed by atoms with E-state index in [1.807, 2.05) is 18.2 Å². The van der Waals surface area contributed by atoms with Gasteiger partial charge in [-0.2, -0.15) is 0 Å². The van der Waals surface area contributed by atoms with Crippen LogP contribution in [0, 0.1) is 5.92 Å². The molecule has 1 aromatic carbocycles. The van der Waals surface area contributed by atoms with Crippen LogP contribution < -0.4 is 5.32 Å². The first-order valence-corrected chi connectivity index (χ1v) is 8.93. The molecule has 0 aromatic heterocycles. The zero-order valence-corrected chi connectivity index (χ0v) is 15.2. The number of carbonyl (C=O) groups excluding carboxylic acids is 1. The van der Waals surface area contributed by atoms with Gasteiger partial charge in [0, 0.05) is 25.9 Å². The van der Waals surface area contributed by atoms with E-state index in [1.165, 1.54) is 25.7 Å². The van der Waals surface area contributed by atoms with Crippen LogP contribution >= 0.6 is 47.8 Å². The molecule has 0 saturated heterocycles. The second kappa shape index (κ2) is 7.23. The van der Waals surface area contributed by atoms with E-state index in [0.29, 0.717) is 16.3 Å². The Morgan fingerprint density at radius 1 is 1.11 bits per heavy atom. The van der Waals surface area contributed by atoms with E-state index in [2.05, 4.69) is 53.1 Å². The fourth-order valence-electron chi connectivity index (χ4n) is 2.35. The van der Waals surface area contributed by atoms with Crippen molar-refractivity contribution >= 4 is 53.7 Å². The lowest BCUT2D eigenvalue weighted by Gasteiger charge is -2.25. The SMILES string of the molecule is O=C(NCC1CCC(Br)CC1)c1cc(Br)cc(Br)c1. The number of benzene rings is 1. The predicted octanol–water partition coefficient (Wildman–Crippen LogP) is 4.90. The summed E-state index contributed by atoms with van der Waals surface area (Å²) in [5.41, 5.74) is 0.690. The Morgan fingerprint density at radius 2 is 1.68 bits per heavy atom. The summed E-state index contributed by atoms with van der Waals surface area (Å²) in [5.74, 6) is 0.622. The summed E-state index contributed by atoms with van der Waals surface area (Å²) in [6.07, 6.45) is 4.81. The third kappa shape index (κ3) is 4.87. The number of hydrogen-bond acceptors (Lipinski definition) is 1. The molecular weight excluding hydrogens is 438 g/mol. The number of amides is 1. The molecule has 1 amide bonds. The van der Waals surface area contributed by atoms with Gasteiger partial charge in [0.2, 0.25) is 0 Å². The third-order valence-electron chi connectivity index (χ3n) is 3.45. The van der Waals surface area contributed by atoms with Gasteiger partial charge in [0.25, 0.3) is 5.91 Å². The highest BCUT2D eigenvalue weighted by atomic mass is 79.9. The smallest absolute Gasteiger partial charge is 0.251 e. The molecule has 1 aliphatic rings. The van der Waals surface area contributed by atoms with Crippen molar-refractivity contribution in [3.05, 3.63) is 32.7 Å². The van der Waals surface area contributed by atoms with Gasteiger partial charge in [-0.05, 0) is 49.8 Å². The molecule has 0 bridgehead atoms. The van der Waals surface area contributed by atoms with Crippen LogP contribution in [0.25, 0.3) is 0 Å². The number of hydrogen-bond donors (Lipinski definition) is 1. The Bertz CT molecular complexity index is 436. The van der Waals surface area contributed by atoms with E-state index in [4.69, 9.17) is 0 Å². The molecule has 0 heterocycles. The number of carbonyl (C=O) groups is 1. The van der Waals surface area contributed by atoms with Crippen molar-refractivity contribution in [1.82, 2.24) is 5.32 Å². The topological polar surface area (TPSA) is 29.1 Å². The van der Waals surface area contributed by atoms with E-state index < -0.39 is 0 Å². The van der Waals surface area contributed by atoms with Crippen LogP contribution in [0.1, 0.15) is 36.0 Å². The average Bonchev–Trinajstić information content (AvgIpc) is 2.36. The van der Waals surface area contributed by atoms with Crippen molar-refractivity contribution in [3.8, 4) is 0 Å². The van der Waals surface area contributed by atoms with E-state index in [9.17, 15) is 4.79 Å². The molecule has 1 fully saturated rings. The molecule has 1 N–H and O–H groups in total. The van der Waals surface area contributed by atoms with Gasteiger partial charge in [-0.25, -0.2) is 0 Å². The predicted molar refractivity (Wildman–Crippen MR) is 88.8 cm³/mol. The quantitative estimate of drug-likeness (QED) is 0.648. The summed E-state index contributed by atoms with van der Waals surface area (Å²) in [6.45, 7) is 0.780. The normalized spacial score (nSPS) is 23.1. The fraction of sp³-hybridized carbons (Fsp3) is 0.500. The lowest BCUT2D eigenvalue weighted by atomic mass is 9.89. The maximum absolute atomic E-state index is 12.1. The molecule has 1 aliphatic carbocycles. The molecular formula is C14H16Br3NO. The largest absolute Gasteiger partial charge is 0.352 e. The Kier molecular flexibility index (Phi) is 5.90. The Balaban J connectivity index is 1.87. The summed E-state index contributed by atoms with van der Waals surface area (Å²) in [7, 11) is 0. The fourth-order valence-corrected chi connectivity index (χ4v) is 4.17. The van der Waals surface area contributed by atoms with Crippen molar-refractivity contribution < 1.29 is 4.79 Å². The second-order valence-corrected chi connectivity index (χ2v) is 8.11. The van der Waals surface area contributed by atoms with E-state index in [0.717, 1.165) is 15.5 Å². The van der Waals surface area contributed by atoms with Crippen LogP contribution in [0.15, 0.2) is 27.1 Å². The number of alkyl halides is 1. The maximum Gasteiger partial charge on any atom is 0.251 e. The van der Waals surface area contributed by atoms with Gasteiger partial charge in [-0.15, -0.1) is 0 Å². The maximum atomic E-state index is 12.1. The van der Waals surface area contributed by atoms with Gasteiger partial charge in [0.1, 0.15) is 0 Å². The van der Waals surface area contributed by atoms with Crippen molar-refractivity contribution in [2.75, 3.05) is 6.54 Å². The highest BCUT2D eigenvalue weighted by Gasteiger charge is 2.19. The zero-order valence-electron chi connectivity index (χ0n) is 10.5. The lowest BCUT2D eigenvalue weighted by molar-refractivity contribution is 0.0943. The third-order valence-corrected chi connectivity index (χ3v) is 5.28. The van der Waals surface area contributed by atoms with Crippen LogP contribution in [0.3, 0.4) is 0 Å². The number of nitrogens with one attached hydrogen (secondary N) is 1. The van der Waals surface area contributed by atoms with Crippen LogP contribution in [0.4, 0.5) is 0 Å². The lowest BCUT2D eigenvalue weighted by Crippen LogP contribution is -2.31.